The van der Waals surface area contributed by atoms with Crippen LogP contribution in [0, 0.1) is 0 Å². The lowest BCUT2D eigenvalue weighted by molar-refractivity contribution is 0.266. The lowest BCUT2D eigenvalue weighted by Crippen LogP contribution is -2.33. The molecule has 7 heteroatoms. The normalized spacial score (nSPS) is 18.9. The molecule has 0 amide bonds. The number of hydrogen-bond acceptors (Lipinski definition) is 6. The Bertz CT molecular complexity index is 583. The van der Waals surface area contributed by atoms with Crippen molar-refractivity contribution in [1.29, 1.82) is 0 Å². The highest BCUT2D eigenvalue weighted by Crippen LogP contribution is 2.30. The van der Waals surface area contributed by atoms with Gasteiger partial charge in [-0.3, -0.25) is 5.10 Å². The highest BCUT2D eigenvalue weighted by atomic mass is 16.3. The van der Waals surface area contributed by atoms with Gasteiger partial charge in [-0.05, 0) is 19.3 Å². The van der Waals surface area contributed by atoms with Gasteiger partial charge in [0.25, 0.3) is 0 Å². The van der Waals surface area contributed by atoms with E-state index in [9.17, 15) is 5.11 Å². The second kappa shape index (κ2) is 5.62. The molecule has 0 spiro atoms. The Hall–Kier alpha value is -1.89. The third-order valence-electron chi connectivity index (χ3n) is 3.68. The van der Waals surface area contributed by atoms with E-state index in [0.717, 1.165) is 49.2 Å². The number of fused-ring (bicyclic) bond motifs is 1. The molecule has 1 unspecified atom stereocenters. The van der Waals surface area contributed by atoms with Gasteiger partial charge in [-0.1, -0.05) is 6.92 Å². The smallest absolute Gasteiger partial charge is 0.226 e. The van der Waals surface area contributed by atoms with E-state index >= 15 is 0 Å². The van der Waals surface area contributed by atoms with E-state index in [2.05, 4.69) is 37.3 Å². The summed E-state index contributed by atoms with van der Waals surface area (Å²) < 4.78 is 0. The maximum absolute atomic E-state index is 9.51. The first-order valence-corrected chi connectivity index (χ1v) is 7.16. The van der Waals surface area contributed by atoms with E-state index in [1.54, 1.807) is 6.20 Å². The number of aliphatic hydroxyl groups excluding tert-OH is 1. The average molecular weight is 276 g/mol. The van der Waals surface area contributed by atoms with Gasteiger partial charge in [-0.25, -0.2) is 0 Å². The minimum atomic E-state index is 0.141. The Morgan fingerprint density at radius 1 is 1.50 bits per heavy atom. The van der Waals surface area contributed by atoms with Crippen molar-refractivity contribution in [3.8, 4) is 0 Å². The third-order valence-corrected chi connectivity index (χ3v) is 3.68. The van der Waals surface area contributed by atoms with Crippen LogP contribution in [-0.2, 0) is 0 Å². The number of aliphatic hydroxyl groups is 1. The number of aromatic amines is 1. The summed E-state index contributed by atoms with van der Waals surface area (Å²) in [5.41, 5.74) is 0.734. The summed E-state index contributed by atoms with van der Waals surface area (Å²) in [7, 11) is 0. The van der Waals surface area contributed by atoms with Crippen molar-refractivity contribution >= 4 is 22.8 Å². The first kappa shape index (κ1) is 13.1. The van der Waals surface area contributed by atoms with Crippen LogP contribution < -0.4 is 10.2 Å². The fourth-order valence-electron chi connectivity index (χ4n) is 2.66. The summed E-state index contributed by atoms with van der Waals surface area (Å²) in [5, 5.41) is 20.6. The molecule has 2 aromatic heterocycles. The van der Waals surface area contributed by atoms with Gasteiger partial charge in [0, 0.05) is 13.1 Å². The lowest BCUT2D eigenvalue weighted by Gasteiger charge is -2.24. The van der Waals surface area contributed by atoms with Crippen LogP contribution in [0.25, 0.3) is 11.0 Å². The van der Waals surface area contributed by atoms with Gasteiger partial charge in [-0.15, -0.1) is 0 Å². The zero-order valence-corrected chi connectivity index (χ0v) is 11.6. The number of hydrogen-bond donors (Lipinski definition) is 3. The molecular formula is C13H20N6O. The second-order valence-corrected chi connectivity index (χ2v) is 5.10. The van der Waals surface area contributed by atoms with Crippen molar-refractivity contribution in [3.63, 3.8) is 0 Å². The second-order valence-electron chi connectivity index (χ2n) is 5.10. The maximum atomic E-state index is 9.51. The van der Waals surface area contributed by atoms with Gasteiger partial charge in [0.05, 0.1) is 24.2 Å². The summed E-state index contributed by atoms with van der Waals surface area (Å²) in [6.07, 6.45) is 4.84. The van der Waals surface area contributed by atoms with Crippen LogP contribution in [0.15, 0.2) is 6.20 Å². The van der Waals surface area contributed by atoms with Crippen molar-refractivity contribution < 1.29 is 5.11 Å². The van der Waals surface area contributed by atoms with Gasteiger partial charge < -0.3 is 15.3 Å². The van der Waals surface area contributed by atoms with Crippen molar-refractivity contribution in [1.82, 2.24) is 20.2 Å². The summed E-state index contributed by atoms with van der Waals surface area (Å²) >= 11 is 0. The zero-order chi connectivity index (χ0) is 13.9. The molecule has 7 nitrogen and oxygen atoms in total. The molecule has 3 N–H and O–H groups in total. The predicted octanol–water partition coefficient (Wildman–Crippen LogP) is 1.14. The van der Waals surface area contributed by atoms with Crippen molar-refractivity contribution in [2.45, 2.75) is 32.2 Å². The van der Waals surface area contributed by atoms with E-state index in [1.165, 1.54) is 0 Å². The minimum Gasteiger partial charge on any atom is -0.394 e. The highest BCUT2D eigenvalue weighted by molar-refractivity contribution is 5.87. The number of nitrogens with zero attached hydrogens (tertiary/aromatic N) is 4. The molecule has 20 heavy (non-hydrogen) atoms. The Kier molecular flexibility index (Phi) is 3.68. The van der Waals surface area contributed by atoms with Crippen LogP contribution in [-0.4, -0.2) is 51.0 Å². The largest absolute Gasteiger partial charge is 0.394 e. The van der Waals surface area contributed by atoms with Crippen molar-refractivity contribution in [2.24, 2.45) is 0 Å². The van der Waals surface area contributed by atoms with Gasteiger partial charge in [0.1, 0.15) is 5.82 Å². The molecule has 0 aromatic carbocycles. The standard InChI is InChI=1S/C13H20N6O/c1-2-5-14-13-16-11-10(7-15-18-11)12(17-13)19-6-3-4-9(19)8-20/h7,9,20H,2-6,8H2,1H3,(H2,14,15,16,17,18). The summed E-state index contributed by atoms with van der Waals surface area (Å²) in [5.74, 6) is 1.47. The minimum absolute atomic E-state index is 0.141. The first-order valence-electron chi connectivity index (χ1n) is 7.16. The Balaban J connectivity index is 2.01. The van der Waals surface area contributed by atoms with Crippen LogP contribution in [0.2, 0.25) is 0 Å². The Labute approximate surface area is 117 Å². The molecule has 0 aliphatic carbocycles. The average Bonchev–Trinajstić information content (AvgIpc) is 3.12. The zero-order valence-electron chi connectivity index (χ0n) is 11.6. The molecule has 3 heterocycles. The Morgan fingerprint density at radius 3 is 3.20 bits per heavy atom. The highest BCUT2D eigenvalue weighted by Gasteiger charge is 2.27. The fourth-order valence-corrected chi connectivity index (χ4v) is 2.66. The van der Waals surface area contributed by atoms with Gasteiger partial charge in [-0.2, -0.15) is 15.1 Å². The lowest BCUT2D eigenvalue weighted by atomic mass is 10.2. The maximum Gasteiger partial charge on any atom is 0.226 e. The van der Waals surface area contributed by atoms with E-state index in [4.69, 9.17) is 0 Å². The quantitative estimate of drug-likeness (QED) is 0.758. The molecule has 1 aliphatic heterocycles. The molecule has 0 radical (unpaired) electrons. The van der Waals surface area contributed by atoms with E-state index in [-0.39, 0.29) is 12.6 Å². The van der Waals surface area contributed by atoms with E-state index in [1.807, 2.05) is 0 Å². The van der Waals surface area contributed by atoms with E-state index in [0.29, 0.717) is 5.95 Å². The summed E-state index contributed by atoms with van der Waals surface area (Å²) in [6.45, 7) is 4.00. The molecule has 1 atom stereocenters. The number of nitrogens with one attached hydrogen (secondary N) is 2. The van der Waals surface area contributed by atoms with Gasteiger partial charge >= 0.3 is 0 Å². The number of anilines is 2. The third kappa shape index (κ3) is 2.29. The van der Waals surface area contributed by atoms with Crippen LogP contribution in [0.1, 0.15) is 26.2 Å². The molecule has 1 aliphatic rings. The summed E-state index contributed by atoms with van der Waals surface area (Å²) in [4.78, 5) is 11.2. The molecule has 108 valence electrons. The number of H-pyrrole nitrogens is 1. The van der Waals surface area contributed by atoms with Crippen LogP contribution in [0.4, 0.5) is 11.8 Å². The van der Waals surface area contributed by atoms with E-state index < -0.39 is 0 Å². The first-order chi connectivity index (χ1) is 9.83. The number of rotatable bonds is 5. The summed E-state index contributed by atoms with van der Waals surface area (Å²) in [6, 6.07) is 0.141. The monoisotopic (exact) mass is 276 g/mol. The molecule has 2 aromatic rings. The van der Waals surface area contributed by atoms with Crippen LogP contribution >= 0.6 is 0 Å². The molecule has 1 saturated heterocycles. The van der Waals surface area contributed by atoms with Gasteiger partial charge in [0.2, 0.25) is 5.95 Å². The van der Waals surface area contributed by atoms with Crippen molar-refractivity contribution in [2.75, 3.05) is 29.9 Å². The van der Waals surface area contributed by atoms with Crippen LogP contribution in [0.3, 0.4) is 0 Å². The molecule has 0 saturated carbocycles. The van der Waals surface area contributed by atoms with Crippen molar-refractivity contribution in [3.05, 3.63) is 6.20 Å². The Morgan fingerprint density at radius 2 is 2.40 bits per heavy atom. The fraction of sp³-hybridized carbons (Fsp3) is 0.615. The molecular weight excluding hydrogens is 256 g/mol. The SMILES string of the molecule is CCCNc1nc(N2CCCC2CO)c2cn[nH]c2n1. The number of aromatic nitrogens is 4. The predicted molar refractivity (Wildman–Crippen MR) is 77.9 cm³/mol. The van der Waals surface area contributed by atoms with Gasteiger partial charge in [0.15, 0.2) is 5.65 Å². The molecule has 1 fully saturated rings. The van der Waals surface area contributed by atoms with Crippen LogP contribution in [0.5, 0.6) is 0 Å². The molecule has 3 rings (SSSR count). The molecule has 0 bridgehead atoms. The topological polar surface area (TPSA) is 90.0 Å².